The normalized spacial score (nSPS) is 19.4. The van der Waals surface area contributed by atoms with Crippen LogP contribution in [0.1, 0.15) is 52.4 Å². The first-order chi connectivity index (χ1) is 9.80. The van der Waals surface area contributed by atoms with Crippen LogP contribution in [0.5, 0.6) is 0 Å². The molecule has 0 amide bonds. The Morgan fingerprint density at radius 3 is 2.60 bits per heavy atom. The summed E-state index contributed by atoms with van der Waals surface area (Å²) in [6.45, 7) is 11.6. The highest BCUT2D eigenvalue weighted by atomic mass is 16.5. The van der Waals surface area contributed by atoms with Crippen molar-refractivity contribution in [1.82, 2.24) is 10.2 Å². The summed E-state index contributed by atoms with van der Waals surface area (Å²) in [5.74, 6) is 1.80. The van der Waals surface area contributed by atoms with E-state index < -0.39 is 0 Å². The number of likely N-dealkylation sites (tertiary alicyclic amines) is 1. The average Bonchev–Trinajstić information content (AvgIpc) is 2.49. The molecule has 1 aliphatic rings. The molecule has 0 bridgehead atoms. The lowest BCUT2D eigenvalue weighted by molar-refractivity contribution is 0.150. The number of nitrogens with zero attached hydrogens (tertiary/aromatic N) is 1. The first-order valence-electron chi connectivity index (χ1n) is 8.72. The second-order valence-corrected chi connectivity index (χ2v) is 6.36. The standard InChI is InChI=1S/C17H36N2O/c1-4-6-7-16(5-2)15-19-11-8-17(9-12-19)14-18-10-13-20-3/h16-18H,4-15H2,1-3H3. The summed E-state index contributed by atoms with van der Waals surface area (Å²) in [6.07, 6.45) is 8.24. The van der Waals surface area contributed by atoms with Crippen LogP contribution < -0.4 is 5.32 Å². The SMILES string of the molecule is CCCCC(CC)CN1CCC(CNCCOC)CC1. The van der Waals surface area contributed by atoms with Crippen molar-refractivity contribution in [3.63, 3.8) is 0 Å². The molecular weight excluding hydrogens is 248 g/mol. The maximum atomic E-state index is 5.07. The highest BCUT2D eigenvalue weighted by Gasteiger charge is 2.20. The minimum atomic E-state index is 0.828. The third-order valence-corrected chi connectivity index (χ3v) is 4.68. The lowest BCUT2D eigenvalue weighted by atomic mass is 9.94. The largest absolute Gasteiger partial charge is 0.383 e. The zero-order valence-corrected chi connectivity index (χ0v) is 14.0. The number of ether oxygens (including phenoxy) is 1. The van der Waals surface area contributed by atoms with Crippen LogP contribution in [0.4, 0.5) is 0 Å². The number of unbranched alkanes of at least 4 members (excludes halogenated alkanes) is 1. The number of nitrogens with one attached hydrogen (secondary N) is 1. The summed E-state index contributed by atoms with van der Waals surface area (Å²) in [5, 5.41) is 3.51. The van der Waals surface area contributed by atoms with Gasteiger partial charge in [-0.2, -0.15) is 0 Å². The summed E-state index contributed by atoms with van der Waals surface area (Å²) in [6, 6.07) is 0. The van der Waals surface area contributed by atoms with Gasteiger partial charge in [0.25, 0.3) is 0 Å². The van der Waals surface area contributed by atoms with Gasteiger partial charge in [-0.15, -0.1) is 0 Å². The predicted molar refractivity (Wildman–Crippen MR) is 87.2 cm³/mol. The monoisotopic (exact) mass is 284 g/mol. The molecule has 1 N–H and O–H groups in total. The first kappa shape index (κ1) is 17.9. The van der Waals surface area contributed by atoms with E-state index in [9.17, 15) is 0 Å². The topological polar surface area (TPSA) is 24.5 Å². The molecule has 1 fully saturated rings. The van der Waals surface area contributed by atoms with E-state index in [0.29, 0.717) is 0 Å². The Hall–Kier alpha value is -0.120. The van der Waals surface area contributed by atoms with Crippen LogP contribution in [0.25, 0.3) is 0 Å². The Labute approximate surface area is 126 Å². The van der Waals surface area contributed by atoms with Crippen LogP contribution in [-0.2, 0) is 4.74 Å². The van der Waals surface area contributed by atoms with Crippen molar-refractivity contribution in [3.05, 3.63) is 0 Å². The minimum Gasteiger partial charge on any atom is -0.383 e. The predicted octanol–water partition coefficient (Wildman–Crippen LogP) is 3.15. The Morgan fingerprint density at radius 2 is 2.00 bits per heavy atom. The molecule has 120 valence electrons. The van der Waals surface area contributed by atoms with Gasteiger partial charge < -0.3 is 15.0 Å². The van der Waals surface area contributed by atoms with Gasteiger partial charge in [-0.05, 0) is 50.7 Å². The molecule has 0 radical (unpaired) electrons. The van der Waals surface area contributed by atoms with Crippen molar-refractivity contribution in [2.24, 2.45) is 11.8 Å². The third-order valence-electron chi connectivity index (χ3n) is 4.68. The number of methoxy groups -OCH3 is 1. The maximum Gasteiger partial charge on any atom is 0.0587 e. The Morgan fingerprint density at radius 1 is 1.25 bits per heavy atom. The van der Waals surface area contributed by atoms with Crippen LogP contribution in [0.15, 0.2) is 0 Å². The number of hydrogen-bond donors (Lipinski definition) is 1. The summed E-state index contributed by atoms with van der Waals surface area (Å²) in [5.41, 5.74) is 0. The van der Waals surface area contributed by atoms with E-state index in [4.69, 9.17) is 4.74 Å². The van der Waals surface area contributed by atoms with Gasteiger partial charge in [-0.25, -0.2) is 0 Å². The molecule has 0 aliphatic carbocycles. The molecule has 3 nitrogen and oxygen atoms in total. The lowest BCUT2D eigenvalue weighted by Gasteiger charge is -2.34. The Bertz CT molecular complexity index is 215. The average molecular weight is 284 g/mol. The van der Waals surface area contributed by atoms with Gasteiger partial charge in [0.15, 0.2) is 0 Å². The van der Waals surface area contributed by atoms with Crippen LogP contribution in [0.2, 0.25) is 0 Å². The van der Waals surface area contributed by atoms with E-state index in [0.717, 1.165) is 25.0 Å². The van der Waals surface area contributed by atoms with Gasteiger partial charge >= 0.3 is 0 Å². The fourth-order valence-corrected chi connectivity index (χ4v) is 3.14. The molecule has 0 spiro atoms. The highest BCUT2D eigenvalue weighted by Crippen LogP contribution is 2.20. The molecule has 1 saturated heterocycles. The highest BCUT2D eigenvalue weighted by molar-refractivity contribution is 4.75. The maximum absolute atomic E-state index is 5.07. The molecular formula is C17H36N2O. The fourth-order valence-electron chi connectivity index (χ4n) is 3.14. The Balaban J connectivity index is 2.11. The molecule has 3 heteroatoms. The van der Waals surface area contributed by atoms with Gasteiger partial charge in [0.1, 0.15) is 0 Å². The minimum absolute atomic E-state index is 0.828. The summed E-state index contributed by atoms with van der Waals surface area (Å²) in [4.78, 5) is 2.70. The van der Waals surface area contributed by atoms with E-state index in [-0.39, 0.29) is 0 Å². The van der Waals surface area contributed by atoms with Crippen molar-refractivity contribution in [1.29, 1.82) is 0 Å². The molecule has 1 heterocycles. The van der Waals surface area contributed by atoms with Crippen LogP contribution in [0.3, 0.4) is 0 Å². The van der Waals surface area contributed by atoms with Gasteiger partial charge in [0, 0.05) is 20.2 Å². The molecule has 0 aromatic carbocycles. The summed E-state index contributed by atoms with van der Waals surface area (Å²) < 4.78 is 5.07. The molecule has 0 aromatic rings. The second kappa shape index (κ2) is 11.5. The lowest BCUT2D eigenvalue weighted by Crippen LogP contribution is -2.40. The van der Waals surface area contributed by atoms with Crippen molar-refractivity contribution < 1.29 is 4.74 Å². The zero-order valence-electron chi connectivity index (χ0n) is 14.0. The van der Waals surface area contributed by atoms with Crippen LogP contribution in [-0.4, -0.2) is 51.3 Å². The number of rotatable bonds is 11. The smallest absolute Gasteiger partial charge is 0.0587 e. The molecule has 0 saturated carbocycles. The first-order valence-corrected chi connectivity index (χ1v) is 8.72. The van der Waals surface area contributed by atoms with E-state index >= 15 is 0 Å². The molecule has 1 aliphatic heterocycles. The molecule has 20 heavy (non-hydrogen) atoms. The van der Waals surface area contributed by atoms with Gasteiger partial charge in [0.2, 0.25) is 0 Å². The fraction of sp³-hybridized carbons (Fsp3) is 1.00. The molecule has 1 unspecified atom stereocenters. The number of piperidine rings is 1. The quantitative estimate of drug-likeness (QED) is 0.590. The second-order valence-electron chi connectivity index (χ2n) is 6.36. The van der Waals surface area contributed by atoms with Crippen molar-refractivity contribution in [3.8, 4) is 0 Å². The van der Waals surface area contributed by atoms with Crippen molar-refractivity contribution >= 4 is 0 Å². The third kappa shape index (κ3) is 7.61. The van der Waals surface area contributed by atoms with Gasteiger partial charge in [-0.1, -0.05) is 33.1 Å². The molecule has 1 rings (SSSR count). The van der Waals surface area contributed by atoms with E-state index in [1.165, 1.54) is 64.7 Å². The molecule has 0 aromatic heterocycles. The van der Waals surface area contributed by atoms with Crippen LogP contribution >= 0.6 is 0 Å². The number of hydrogen-bond acceptors (Lipinski definition) is 3. The van der Waals surface area contributed by atoms with Crippen molar-refractivity contribution in [2.75, 3.05) is 46.4 Å². The zero-order chi connectivity index (χ0) is 14.6. The summed E-state index contributed by atoms with van der Waals surface area (Å²) in [7, 11) is 1.77. The Kier molecular flexibility index (Phi) is 10.3. The summed E-state index contributed by atoms with van der Waals surface area (Å²) >= 11 is 0. The van der Waals surface area contributed by atoms with Gasteiger partial charge in [0.05, 0.1) is 6.61 Å². The van der Waals surface area contributed by atoms with Crippen molar-refractivity contribution in [2.45, 2.75) is 52.4 Å². The van der Waals surface area contributed by atoms with E-state index in [2.05, 4.69) is 24.1 Å². The van der Waals surface area contributed by atoms with Crippen LogP contribution in [0, 0.1) is 11.8 Å². The van der Waals surface area contributed by atoms with Gasteiger partial charge in [-0.3, -0.25) is 0 Å². The van der Waals surface area contributed by atoms with E-state index in [1.54, 1.807) is 7.11 Å². The molecule has 1 atom stereocenters. The van der Waals surface area contributed by atoms with E-state index in [1.807, 2.05) is 0 Å².